The summed E-state index contributed by atoms with van der Waals surface area (Å²) in [6, 6.07) is 62.9. The minimum Gasteiger partial charge on any atom is -0.305 e. The van der Waals surface area contributed by atoms with Gasteiger partial charge in [0.2, 0.25) is 0 Å². The van der Waals surface area contributed by atoms with Gasteiger partial charge in [-0.2, -0.15) is 0 Å². The number of pyridine rings is 2. The van der Waals surface area contributed by atoms with E-state index in [-0.39, 0.29) is 20.1 Å². The van der Waals surface area contributed by atoms with Crippen LogP contribution in [0.25, 0.3) is 77.1 Å². The van der Waals surface area contributed by atoms with Crippen molar-refractivity contribution < 1.29 is 20.1 Å². The standard InChI is InChI=1S/C38H30NSi.C14H16NSi.Ir/c1-40(2,3)29-19-22-38(39-25-29)28-18-21-34-32-15-9-10-16-33(32)36-23-27(17-20-35(36)37(34)24-28)31-14-8-7-13-30(31)26-11-5-4-6-12-26;1-16(2,3)13-9-10-14(15-11-13)12-7-5-4-6-8-12;/h4-17,19-25H,1-3H3;4-7,9-11H,1-3H3;/q2*-1;. The maximum absolute atomic E-state index is 4.86. The average Bonchev–Trinajstić information content (AvgIpc) is 3.24. The molecule has 0 N–H and O–H groups in total. The summed E-state index contributed by atoms with van der Waals surface area (Å²) in [5.41, 5.74) is 9.01. The van der Waals surface area contributed by atoms with E-state index in [1.54, 1.807) is 0 Å². The third-order valence-corrected chi connectivity index (χ3v) is 14.7. The number of hydrogen-bond donors (Lipinski definition) is 0. The maximum atomic E-state index is 4.86. The van der Waals surface area contributed by atoms with Crippen LogP contribution in [0.5, 0.6) is 0 Å². The Morgan fingerprint density at radius 2 is 0.930 bits per heavy atom. The van der Waals surface area contributed by atoms with Crippen molar-refractivity contribution in [3.05, 3.63) is 182 Å². The predicted octanol–water partition coefficient (Wildman–Crippen LogP) is 13.0. The van der Waals surface area contributed by atoms with Crippen molar-refractivity contribution in [2.45, 2.75) is 39.3 Å². The molecule has 2 nitrogen and oxygen atoms in total. The van der Waals surface area contributed by atoms with Gasteiger partial charge in [-0.15, -0.1) is 59.7 Å². The molecule has 0 saturated carbocycles. The fourth-order valence-electron chi connectivity index (χ4n) is 7.36. The zero-order valence-electron chi connectivity index (χ0n) is 33.4. The van der Waals surface area contributed by atoms with Crippen LogP contribution in [-0.4, -0.2) is 26.1 Å². The molecular formula is C52H46IrN2Si2-2. The molecule has 9 rings (SSSR count). The van der Waals surface area contributed by atoms with E-state index in [4.69, 9.17) is 4.98 Å². The molecule has 0 aliphatic heterocycles. The van der Waals surface area contributed by atoms with Gasteiger partial charge in [0.05, 0.1) is 16.1 Å². The summed E-state index contributed by atoms with van der Waals surface area (Å²) >= 11 is 0. The van der Waals surface area contributed by atoms with E-state index < -0.39 is 16.1 Å². The molecular weight excluding hydrogens is 901 g/mol. The van der Waals surface area contributed by atoms with Crippen molar-refractivity contribution in [2.24, 2.45) is 0 Å². The number of benzene rings is 7. The van der Waals surface area contributed by atoms with Crippen LogP contribution in [0.1, 0.15) is 0 Å². The molecule has 5 heteroatoms. The maximum Gasteiger partial charge on any atom is 0.0795 e. The van der Waals surface area contributed by atoms with Crippen molar-refractivity contribution >= 4 is 58.8 Å². The van der Waals surface area contributed by atoms with E-state index in [0.717, 1.165) is 22.5 Å². The first-order chi connectivity index (χ1) is 27.0. The summed E-state index contributed by atoms with van der Waals surface area (Å²) in [6.07, 6.45) is 4.08. The first-order valence-electron chi connectivity index (χ1n) is 19.4. The van der Waals surface area contributed by atoms with Crippen LogP contribution in [0.4, 0.5) is 0 Å². The van der Waals surface area contributed by atoms with E-state index >= 15 is 0 Å². The Morgan fingerprint density at radius 3 is 1.51 bits per heavy atom. The van der Waals surface area contributed by atoms with Gasteiger partial charge in [-0.05, 0) is 66.2 Å². The van der Waals surface area contributed by atoms with Crippen LogP contribution in [0.15, 0.2) is 170 Å². The largest absolute Gasteiger partial charge is 0.305 e. The second-order valence-corrected chi connectivity index (χ2v) is 26.7. The van der Waals surface area contributed by atoms with Gasteiger partial charge in [-0.1, -0.05) is 171 Å². The molecule has 0 bridgehead atoms. The molecule has 0 unspecified atom stereocenters. The average molecular weight is 947 g/mol. The molecule has 0 amide bonds. The third kappa shape index (κ3) is 8.54. The van der Waals surface area contributed by atoms with E-state index in [1.807, 2.05) is 30.5 Å². The Bertz CT molecular complexity index is 2790. The molecule has 57 heavy (non-hydrogen) atoms. The van der Waals surface area contributed by atoms with Gasteiger partial charge in [0.25, 0.3) is 0 Å². The molecule has 1 radical (unpaired) electrons. The van der Waals surface area contributed by atoms with Crippen LogP contribution in [-0.2, 0) is 20.1 Å². The van der Waals surface area contributed by atoms with Gasteiger partial charge in [0.1, 0.15) is 0 Å². The molecule has 7 aromatic carbocycles. The Morgan fingerprint density at radius 1 is 0.404 bits per heavy atom. The van der Waals surface area contributed by atoms with Crippen molar-refractivity contribution in [3.63, 3.8) is 0 Å². The molecule has 283 valence electrons. The zero-order chi connectivity index (χ0) is 38.9. The smallest absolute Gasteiger partial charge is 0.0795 e. The fraction of sp³-hybridized carbons (Fsp3) is 0.115. The molecule has 0 fully saturated rings. The minimum absolute atomic E-state index is 0. The summed E-state index contributed by atoms with van der Waals surface area (Å²) in [5.74, 6) is 0. The topological polar surface area (TPSA) is 25.8 Å². The van der Waals surface area contributed by atoms with Crippen LogP contribution >= 0.6 is 0 Å². The molecule has 0 atom stereocenters. The zero-order valence-corrected chi connectivity index (χ0v) is 37.8. The molecule has 2 heterocycles. The Balaban J connectivity index is 0.000000246. The normalized spacial score (nSPS) is 11.5. The van der Waals surface area contributed by atoms with Gasteiger partial charge >= 0.3 is 0 Å². The van der Waals surface area contributed by atoms with Crippen LogP contribution in [0.3, 0.4) is 0 Å². The molecule has 9 aromatic rings. The second-order valence-electron chi connectivity index (χ2n) is 16.5. The number of hydrogen-bond acceptors (Lipinski definition) is 2. The van der Waals surface area contributed by atoms with Gasteiger partial charge in [-0.25, -0.2) is 0 Å². The first-order valence-corrected chi connectivity index (χ1v) is 26.4. The van der Waals surface area contributed by atoms with Gasteiger partial charge in [0.15, 0.2) is 0 Å². The Hall–Kier alpha value is -5.30. The van der Waals surface area contributed by atoms with Crippen molar-refractivity contribution in [2.75, 3.05) is 0 Å². The monoisotopic (exact) mass is 947 g/mol. The van der Waals surface area contributed by atoms with Gasteiger partial charge in [0, 0.05) is 32.5 Å². The summed E-state index contributed by atoms with van der Waals surface area (Å²) in [6.45, 7) is 14.1. The fourth-order valence-corrected chi connectivity index (χ4v) is 9.43. The van der Waals surface area contributed by atoms with Gasteiger partial charge < -0.3 is 9.97 Å². The SMILES string of the molecule is C[Si](C)(C)c1ccc(-c2[c-]cc3c4ccccc4c4cc(-c5ccccc5-c5ccccc5)ccc4c3c2)nc1.C[Si](C)(C)c1ccc(-c2[c-]cccc2)nc1.[Ir]. The van der Waals surface area contributed by atoms with Crippen molar-refractivity contribution in [1.82, 2.24) is 9.97 Å². The summed E-state index contributed by atoms with van der Waals surface area (Å²) in [4.78, 5) is 9.38. The summed E-state index contributed by atoms with van der Waals surface area (Å²) in [5, 5.41) is 10.3. The number of fused-ring (bicyclic) bond motifs is 6. The van der Waals surface area contributed by atoms with E-state index in [0.29, 0.717) is 0 Å². The van der Waals surface area contributed by atoms with E-state index in [1.165, 1.54) is 64.9 Å². The number of aromatic nitrogens is 2. The van der Waals surface area contributed by atoms with Gasteiger partial charge in [-0.3, -0.25) is 0 Å². The quantitative estimate of drug-likeness (QED) is 0.0943. The van der Waals surface area contributed by atoms with E-state index in [2.05, 4.69) is 196 Å². The molecule has 0 aliphatic rings. The Labute approximate surface area is 353 Å². The van der Waals surface area contributed by atoms with Crippen molar-refractivity contribution in [1.29, 1.82) is 0 Å². The Kier molecular flexibility index (Phi) is 11.7. The van der Waals surface area contributed by atoms with Crippen LogP contribution < -0.4 is 10.4 Å². The molecule has 0 aliphatic carbocycles. The number of rotatable bonds is 6. The molecule has 0 saturated heterocycles. The predicted molar refractivity (Wildman–Crippen MR) is 246 cm³/mol. The molecule has 0 spiro atoms. The van der Waals surface area contributed by atoms with E-state index in [9.17, 15) is 0 Å². The first kappa shape index (κ1) is 39.9. The molecule has 2 aromatic heterocycles. The van der Waals surface area contributed by atoms with Crippen molar-refractivity contribution in [3.8, 4) is 44.8 Å². The summed E-state index contributed by atoms with van der Waals surface area (Å²) < 4.78 is 0. The third-order valence-electron chi connectivity index (χ3n) is 10.6. The summed E-state index contributed by atoms with van der Waals surface area (Å²) in [7, 11) is -2.63. The van der Waals surface area contributed by atoms with Crippen LogP contribution in [0, 0.1) is 12.1 Å². The number of nitrogens with zero attached hydrogens (tertiary/aromatic N) is 2. The second kappa shape index (κ2) is 16.7. The minimum atomic E-state index is -1.40. The van der Waals surface area contributed by atoms with Crippen LogP contribution in [0.2, 0.25) is 39.3 Å².